The molecular formula is C26H21F4N3O3. The molecular weight excluding hydrogens is 478 g/mol. The lowest BCUT2D eigenvalue weighted by atomic mass is 10.1. The monoisotopic (exact) mass is 499 g/mol. The number of hydrogen-bond acceptors (Lipinski definition) is 4. The van der Waals surface area contributed by atoms with E-state index in [0.29, 0.717) is 11.3 Å². The number of alkyl halides is 3. The highest BCUT2D eigenvalue weighted by Crippen LogP contribution is 2.29. The maximum Gasteiger partial charge on any atom is 0.416 e. The van der Waals surface area contributed by atoms with E-state index in [0.717, 1.165) is 24.3 Å². The highest BCUT2D eigenvalue weighted by atomic mass is 19.4. The minimum Gasteiger partial charge on any atom is -0.453 e. The highest BCUT2D eigenvalue weighted by molar-refractivity contribution is 5.95. The lowest BCUT2D eigenvalue weighted by Crippen LogP contribution is -2.50. The standard InChI is InChI=1S/C26H21F4N3O3/c27-22-16-18(3-9-23(22)36-21-2-1-11-31-17-21)4-10-24(34)32-12-14-33(15-13-32)25(35)19-5-7-20(8-6-19)26(28,29)30/h1-11,16-17H,12-15H2/b10-4+. The molecule has 4 rings (SSSR count). The van der Waals surface area contributed by atoms with Crippen molar-refractivity contribution in [3.63, 3.8) is 0 Å². The SMILES string of the molecule is O=C(/C=C/c1ccc(Oc2cccnc2)c(F)c1)N1CCN(C(=O)c2ccc(C(F)(F)F)cc2)CC1. The first-order valence-corrected chi connectivity index (χ1v) is 11.0. The number of carbonyl (C=O) groups is 2. The molecule has 1 aliphatic heterocycles. The average molecular weight is 499 g/mol. The van der Waals surface area contributed by atoms with Gasteiger partial charge < -0.3 is 14.5 Å². The van der Waals surface area contributed by atoms with Crippen LogP contribution < -0.4 is 4.74 Å². The van der Waals surface area contributed by atoms with E-state index >= 15 is 0 Å². The van der Waals surface area contributed by atoms with Crippen LogP contribution in [0.3, 0.4) is 0 Å². The van der Waals surface area contributed by atoms with Gasteiger partial charge in [-0.1, -0.05) is 6.07 Å². The van der Waals surface area contributed by atoms with Crippen LogP contribution in [-0.4, -0.2) is 52.8 Å². The van der Waals surface area contributed by atoms with Crippen LogP contribution in [0.5, 0.6) is 11.5 Å². The van der Waals surface area contributed by atoms with E-state index in [1.165, 1.54) is 35.4 Å². The Morgan fingerprint density at radius 2 is 1.64 bits per heavy atom. The molecule has 0 unspecified atom stereocenters. The molecule has 0 bridgehead atoms. The van der Waals surface area contributed by atoms with Crippen molar-refractivity contribution in [1.29, 1.82) is 0 Å². The maximum absolute atomic E-state index is 14.4. The Hall–Kier alpha value is -4.21. The second-order valence-corrected chi connectivity index (χ2v) is 8.01. The van der Waals surface area contributed by atoms with Crippen LogP contribution in [0.25, 0.3) is 6.08 Å². The van der Waals surface area contributed by atoms with Gasteiger partial charge in [0.1, 0.15) is 5.75 Å². The van der Waals surface area contributed by atoms with Gasteiger partial charge in [-0.3, -0.25) is 14.6 Å². The van der Waals surface area contributed by atoms with Crippen molar-refractivity contribution in [3.05, 3.63) is 95.6 Å². The number of nitrogens with zero attached hydrogens (tertiary/aromatic N) is 3. The molecule has 0 spiro atoms. The predicted molar refractivity (Wildman–Crippen MR) is 124 cm³/mol. The van der Waals surface area contributed by atoms with E-state index in [1.807, 2.05) is 0 Å². The normalized spacial score (nSPS) is 14.2. The molecule has 2 heterocycles. The second-order valence-electron chi connectivity index (χ2n) is 8.01. The molecule has 1 saturated heterocycles. The first-order valence-electron chi connectivity index (χ1n) is 11.0. The van der Waals surface area contributed by atoms with Gasteiger partial charge in [-0.25, -0.2) is 4.39 Å². The summed E-state index contributed by atoms with van der Waals surface area (Å²) in [5.41, 5.74) is -0.201. The van der Waals surface area contributed by atoms with E-state index < -0.39 is 23.5 Å². The Morgan fingerprint density at radius 3 is 2.25 bits per heavy atom. The zero-order valence-corrected chi connectivity index (χ0v) is 18.9. The Morgan fingerprint density at radius 1 is 0.944 bits per heavy atom. The molecule has 1 fully saturated rings. The summed E-state index contributed by atoms with van der Waals surface area (Å²) >= 11 is 0. The Balaban J connectivity index is 1.30. The number of piperazine rings is 1. The van der Waals surface area contributed by atoms with Gasteiger partial charge in [0.05, 0.1) is 11.8 Å². The number of halogens is 4. The van der Waals surface area contributed by atoms with E-state index in [1.54, 1.807) is 29.3 Å². The van der Waals surface area contributed by atoms with Gasteiger partial charge in [-0.15, -0.1) is 0 Å². The van der Waals surface area contributed by atoms with Crippen LogP contribution in [-0.2, 0) is 11.0 Å². The number of amides is 2. The fourth-order valence-electron chi connectivity index (χ4n) is 3.63. The summed E-state index contributed by atoms with van der Waals surface area (Å²) in [4.78, 5) is 32.1. The predicted octanol–water partition coefficient (Wildman–Crippen LogP) is 5.03. The zero-order valence-electron chi connectivity index (χ0n) is 18.9. The van der Waals surface area contributed by atoms with Crippen molar-refractivity contribution < 1.29 is 31.9 Å². The lowest BCUT2D eigenvalue weighted by molar-refractivity contribution is -0.137. The van der Waals surface area contributed by atoms with Crippen LogP contribution in [0.4, 0.5) is 17.6 Å². The minimum absolute atomic E-state index is 0.0281. The third kappa shape index (κ3) is 6.07. The molecule has 6 nitrogen and oxygen atoms in total. The summed E-state index contributed by atoms with van der Waals surface area (Å²) < 4.78 is 58.0. The number of aromatic nitrogens is 1. The van der Waals surface area contributed by atoms with Gasteiger partial charge in [0.2, 0.25) is 5.91 Å². The Kier molecular flexibility index (Phi) is 7.33. The van der Waals surface area contributed by atoms with Gasteiger partial charge in [0.25, 0.3) is 5.91 Å². The van der Waals surface area contributed by atoms with E-state index in [-0.39, 0.29) is 43.4 Å². The van der Waals surface area contributed by atoms with Gasteiger partial charge in [-0.2, -0.15) is 13.2 Å². The van der Waals surface area contributed by atoms with Crippen molar-refractivity contribution in [2.24, 2.45) is 0 Å². The van der Waals surface area contributed by atoms with Crippen molar-refractivity contribution in [3.8, 4) is 11.5 Å². The Bertz CT molecular complexity index is 1250. The second kappa shape index (κ2) is 10.6. The van der Waals surface area contributed by atoms with Gasteiger partial charge in [-0.05, 0) is 60.2 Å². The largest absolute Gasteiger partial charge is 0.453 e. The molecule has 0 radical (unpaired) electrons. The third-order valence-electron chi connectivity index (χ3n) is 5.57. The number of ether oxygens (including phenoxy) is 1. The van der Waals surface area contributed by atoms with E-state index in [2.05, 4.69) is 4.98 Å². The molecule has 2 amide bonds. The summed E-state index contributed by atoms with van der Waals surface area (Å²) in [5.74, 6) is -0.863. The summed E-state index contributed by atoms with van der Waals surface area (Å²) in [6.07, 6.45) is 1.37. The molecule has 1 aliphatic rings. The fraction of sp³-hybridized carbons (Fsp3) is 0.192. The van der Waals surface area contributed by atoms with Crippen LogP contribution in [0.2, 0.25) is 0 Å². The molecule has 0 N–H and O–H groups in total. The number of hydrogen-bond donors (Lipinski definition) is 0. The molecule has 3 aromatic rings. The third-order valence-corrected chi connectivity index (χ3v) is 5.57. The van der Waals surface area contributed by atoms with Gasteiger partial charge in [0.15, 0.2) is 11.6 Å². The van der Waals surface area contributed by atoms with E-state index in [4.69, 9.17) is 4.74 Å². The quantitative estimate of drug-likeness (QED) is 0.365. The molecule has 36 heavy (non-hydrogen) atoms. The van der Waals surface area contributed by atoms with Crippen LogP contribution >= 0.6 is 0 Å². The fourth-order valence-corrected chi connectivity index (χ4v) is 3.63. The molecule has 0 aliphatic carbocycles. The van der Waals surface area contributed by atoms with Crippen molar-refractivity contribution >= 4 is 17.9 Å². The van der Waals surface area contributed by atoms with Crippen molar-refractivity contribution in [1.82, 2.24) is 14.8 Å². The van der Waals surface area contributed by atoms with Crippen LogP contribution in [0.15, 0.2) is 73.1 Å². The lowest BCUT2D eigenvalue weighted by Gasteiger charge is -2.34. The number of rotatable bonds is 5. The molecule has 2 aromatic carbocycles. The van der Waals surface area contributed by atoms with E-state index in [9.17, 15) is 27.2 Å². The average Bonchev–Trinajstić information content (AvgIpc) is 2.88. The van der Waals surface area contributed by atoms with Crippen molar-refractivity contribution in [2.45, 2.75) is 6.18 Å². The topological polar surface area (TPSA) is 62.7 Å². The number of carbonyl (C=O) groups excluding carboxylic acids is 2. The minimum atomic E-state index is -4.47. The van der Waals surface area contributed by atoms with Crippen LogP contribution in [0, 0.1) is 5.82 Å². The first-order chi connectivity index (χ1) is 17.2. The molecule has 0 saturated carbocycles. The zero-order chi connectivity index (χ0) is 25.7. The summed E-state index contributed by atoms with van der Waals surface area (Å²) in [6, 6.07) is 11.7. The first kappa shape index (κ1) is 24.9. The summed E-state index contributed by atoms with van der Waals surface area (Å²) in [5, 5.41) is 0. The summed E-state index contributed by atoms with van der Waals surface area (Å²) in [7, 11) is 0. The molecule has 1 aromatic heterocycles. The number of pyridine rings is 1. The van der Waals surface area contributed by atoms with Gasteiger partial charge >= 0.3 is 6.18 Å². The molecule has 186 valence electrons. The molecule has 0 atom stereocenters. The Labute approximate surface area is 204 Å². The molecule has 10 heteroatoms. The smallest absolute Gasteiger partial charge is 0.416 e. The maximum atomic E-state index is 14.4. The number of benzene rings is 2. The summed E-state index contributed by atoms with van der Waals surface area (Å²) in [6.45, 7) is 1.02. The van der Waals surface area contributed by atoms with Crippen LogP contribution in [0.1, 0.15) is 21.5 Å². The van der Waals surface area contributed by atoms with Crippen molar-refractivity contribution in [2.75, 3.05) is 26.2 Å². The highest BCUT2D eigenvalue weighted by Gasteiger charge is 2.31. The van der Waals surface area contributed by atoms with Gasteiger partial charge in [0, 0.05) is 44.0 Å².